The van der Waals surface area contributed by atoms with Crippen LogP contribution in [0.2, 0.25) is 5.02 Å². The van der Waals surface area contributed by atoms with Gasteiger partial charge in [-0.05, 0) is 43.2 Å². The van der Waals surface area contributed by atoms with Crippen LogP contribution in [0.25, 0.3) is 11.0 Å². The Labute approximate surface area is 211 Å². The lowest BCUT2D eigenvalue weighted by Crippen LogP contribution is -2.36. The van der Waals surface area contributed by atoms with E-state index in [2.05, 4.69) is 30.6 Å². The van der Waals surface area contributed by atoms with Crippen LogP contribution < -0.4 is 10.6 Å². The van der Waals surface area contributed by atoms with Gasteiger partial charge in [0.15, 0.2) is 5.78 Å². The number of aliphatic hydroxyl groups excluding tert-OH is 1. The van der Waals surface area contributed by atoms with Gasteiger partial charge in [0.2, 0.25) is 0 Å². The van der Waals surface area contributed by atoms with E-state index in [1.807, 2.05) is 0 Å². The van der Waals surface area contributed by atoms with Crippen LogP contribution >= 0.6 is 11.6 Å². The summed E-state index contributed by atoms with van der Waals surface area (Å²) >= 11 is 6.47. The summed E-state index contributed by atoms with van der Waals surface area (Å²) in [5.74, 6) is -0.108. The standard InChI is InChI=1S/C25H23ClN6O4/c26-20-9-15(32-25(35)14-5-7-27-8-6-14)2-4-18(20)22(34)19-10-28-23-21(19)24(30-13-29-23)31-16-1-3-17(11-33)36-12-16/h2,4-10,13,16-17,33H,1,3,11-12H2,(H,32,35)(H2,28,29,30,31)/t16-,17-/m0/s1. The second-order valence-corrected chi connectivity index (χ2v) is 8.83. The molecule has 0 aliphatic carbocycles. The lowest BCUT2D eigenvalue weighted by atomic mass is 10.0. The number of carbonyl (C=O) groups is 2. The molecule has 1 fully saturated rings. The van der Waals surface area contributed by atoms with E-state index in [9.17, 15) is 14.7 Å². The first-order valence-electron chi connectivity index (χ1n) is 11.4. The van der Waals surface area contributed by atoms with Crippen molar-refractivity contribution >= 4 is 45.8 Å². The molecule has 1 saturated heterocycles. The lowest BCUT2D eigenvalue weighted by Gasteiger charge is -2.29. The molecular weight excluding hydrogens is 484 g/mol. The number of amides is 1. The molecule has 3 aromatic heterocycles. The maximum atomic E-state index is 13.5. The minimum atomic E-state index is -0.311. The number of benzene rings is 1. The zero-order chi connectivity index (χ0) is 25.1. The number of anilines is 2. The number of aromatic amines is 1. The molecule has 0 unspecified atom stereocenters. The number of hydrogen-bond acceptors (Lipinski definition) is 8. The third kappa shape index (κ3) is 4.92. The summed E-state index contributed by atoms with van der Waals surface area (Å²) in [6, 6.07) is 7.92. The minimum Gasteiger partial charge on any atom is -0.394 e. The van der Waals surface area contributed by atoms with Gasteiger partial charge in [0.25, 0.3) is 5.91 Å². The van der Waals surface area contributed by atoms with Gasteiger partial charge in [0.1, 0.15) is 17.8 Å². The quantitative estimate of drug-likeness (QED) is 0.279. The van der Waals surface area contributed by atoms with E-state index in [1.54, 1.807) is 30.5 Å². The van der Waals surface area contributed by atoms with E-state index in [1.165, 1.54) is 24.8 Å². The Morgan fingerprint density at radius 2 is 1.97 bits per heavy atom. The second-order valence-electron chi connectivity index (χ2n) is 8.42. The number of carbonyl (C=O) groups excluding carboxylic acids is 2. The van der Waals surface area contributed by atoms with Crippen molar-refractivity contribution in [2.24, 2.45) is 0 Å². The molecule has 4 aromatic rings. The molecule has 4 heterocycles. The fourth-order valence-electron chi connectivity index (χ4n) is 4.14. The van der Waals surface area contributed by atoms with Crippen molar-refractivity contribution in [2.45, 2.75) is 25.0 Å². The van der Waals surface area contributed by atoms with Crippen LogP contribution in [0, 0.1) is 0 Å². The predicted molar refractivity (Wildman–Crippen MR) is 134 cm³/mol. The van der Waals surface area contributed by atoms with Gasteiger partial charge in [-0.2, -0.15) is 0 Å². The van der Waals surface area contributed by atoms with Crippen LogP contribution in [-0.4, -0.2) is 62.1 Å². The highest BCUT2D eigenvalue weighted by Gasteiger charge is 2.25. The number of ketones is 1. The Balaban J connectivity index is 1.38. The van der Waals surface area contributed by atoms with Crippen LogP contribution in [0.5, 0.6) is 0 Å². The van der Waals surface area contributed by atoms with Crippen molar-refractivity contribution in [2.75, 3.05) is 23.8 Å². The summed E-state index contributed by atoms with van der Waals surface area (Å²) in [6.07, 6.45) is 7.43. The molecule has 2 atom stereocenters. The Kier molecular flexibility index (Phi) is 6.90. The number of rotatable bonds is 7. The monoisotopic (exact) mass is 506 g/mol. The first-order valence-corrected chi connectivity index (χ1v) is 11.8. The molecule has 1 aliphatic rings. The number of aromatic nitrogens is 4. The maximum Gasteiger partial charge on any atom is 0.255 e. The summed E-state index contributed by atoms with van der Waals surface area (Å²) in [7, 11) is 0. The fraction of sp³-hybridized carbons (Fsp3) is 0.240. The zero-order valence-electron chi connectivity index (χ0n) is 19.1. The largest absolute Gasteiger partial charge is 0.394 e. The van der Waals surface area contributed by atoms with Crippen molar-refractivity contribution in [1.82, 2.24) is 19.9 Å². The van der Waals surface area contributed by atoms with Gasteiger partial charge in [-0.1, -0.05) is 11.6 Å². The summed E-state index contributed by atoms with van der Waals surface area (Å²) < 4.78 is 5.65. The summed E-state index contributed by atoms with van der Waals surface area (Å²) in [5.41, 5.74) is 2.07. The Hall–Kier alpha value is -3.86. The molecule has 1 amide bonds. The van der Waals surface area contributed by atoms with E-state index in [0.717, 1.165) is 12.8 Å². The summed E-state index contributed by atoms with van der Waals surface area (Å²) in [6.45, 7) is 0.414. The van der Waals surface area contributed by atoms with Crippen LogP contribution in [-0.2, 0) is 4.74 Å². The van der Waals surface area contributed by atoms with Crippen LogP contribution in [0.15, 0.2) is 55.2 Å². The number of hydrogen-bond donors (Lipinski definition) is 4. The third-order valence-electron chi connectivity index (χ3n) is 6.04. The molecular formula is C25H23ClN6O4. The van der Waals surface area contributed by atoms with Crippen LogP contribution in [0.3, 0.4) is 0 Å². The Morgan fingerprint density at radius 3 is 2.69 bits per heavy atom. The molecule has 0 radical (unpaired) electrons. The van der Waals surface area contributed by atoms with E-state index < -0.39 is 0 Å². The van der Waals surface area contributed by atoms with Crippen molar-refractivity contribution in [3.8, 4) is 0 Å². The zero-order valence-corrected chi connectivity index (χ0v) is 19.8. The number of pyridine rings is 1. The van der Waals surface area contributed by atoms with E-state index in [0.29, 0.717) is 40.3 Å². The Bertz CT molecular complexity index is 1400. The number of nitrogens with zero attached hydrogens (tertiary/aromatic N) is 3. The average Bonchev–Trinajstić information content (AvgIpc) is 3.35. The van der Waals surface area contributed by atoms with Crippen molar-refractivity contribution < 1.29 is 19.4 Å². The van der Waals surface area contributed by atoms with Crippen molar-refractivity contribution in [3.05, 3.63) is 77.0 Å². The highest BCUT2D eigenvalue weighted by atomic mass is 35.5. The van der Waals surface area contributed by atoms with Gasteiger partial charge in [0.05, 0.1) is 41.3 Å². The van der Waals surface area contributed by atoms with E-state index >= 15 is 0 Å². The molecule has 10 nitrogen and oxygen atoms in total. The number of aliphatic hydroxyl groups is 1. The van der Waals surface area contributed by atoms with Gasteiger partial charge in [0, 0.05) is 35.4 Å². The minimum absolute atomic E-state index is 0.00605. The third-order valence-corrected chi connectivity index (χ3v) is 6.36. The normalized spacial score (nSPS) is 17.6. The van der Waals surface area contributed by atoms with Gasteiger partial charge in [-0.3, -0.25) is 14.6 Å². The molecule has 1 aliphatic heterocycles. The summed E-state index contributed by atoms with van der Waals surface area (Å²) in [4.78, 5) is 41.4. The van der Waals surface area contributed by atoms with Gasteiger partial charge >= 0.3 is 0 Å². The van der Waals surface area contributed by atoms with Crippen LogP contribution in [0.4, 0.5) is 11.5 Å². The molecule has 0 spiro atoms. The lowest BCUT2D eigenvalue weighted by molar-refractivity contribution is -0.0224. The molecule has 4 N–H and O–H groups in total. The average molecular weight is 507 g/mol. The smallest absolute Gasteiger partial charge is 0.255 e. The molecule has 11 heteroatoms. The van der Waals surface area contributed by atoms with Gasteiger partial charge in [-0.25, -0.2) is 9.97 Å². The molecule has 5 rings (SSSR count). The number of fused-ring (bicyclic) bond motifs is 1. The first kappa shape index (κ1) is 23.9. The number of ether oxygens (including phenoxy) is 1. The van der Waals surface area contributed by atoms with E-state index in [-0.39, 0.29) is 41.0 Å². The second kappa shape index (κ2) is 10.4. The topological polar surface area (TPSA) is 142 Å². The molecule has 1 aromatic carbocycles. The molecule has 0 bridgehead atoms. The maximum absolute atomic E-state index is 13.5. The van der Waals surface area contributed by atoms with Gasteiger partial charge in [-0.15, -0.1) is 0 Å². The number of halogens is 1. The van der Waals surface area contributed by atoms with Gasteiger partial charge < -0.3 is 25.5 Å². The predicted octanol–water partition coefficient (Wildman–Crippen LogP) is 3.44. The molecule has 184 valence electrons. The number of nitrogens with one attached hydrogen (secondary N) is 3. The number of H-pyrrole nitrogens is 1. The molecule has 0 saturated carbocycles. The summed E-state index contributed by atoms with van der Waals surface area (Å²) in [5, 5.41) is 16.1. The molecule has 36 heavy (non-hydrogen) atoms. The first-order chi connectivity index (χ1) is 17.5. The van der Waals surface area contributed by atoms with Crippen molar-refractivity contribution in [3.63, 3.8) is 0 Å². The highest BCUT2D eigenvalue weighted by Crippen LogP contribution is 2.30. The fourth-order valence-corrected chi connectivity index (χ4v) is 4.40. The SMILES string of the molecule is O=C(Nc1ccc(C(=O)c2c[nH]c3ncnc(N[C@H]4CC[C@@H](CO)OC4)c23)c(Cl)c1)c1ccncc1. The van der Waals surface area contributed by atoms with Crippen molar-refractivity contribution in [1.29, 1.82) is 0 Å². The van der Waals surface area contributed by atoms with Crippen LogP contribution in [0.1, 0.15) is 39.1 Å². The Morgan fingerprint density at radius 1 is 1.14 bits per heavy atom. The van der Waals surface area contributed by atoms with E-state index in [4.69, 9.17) is 16.3 Å². The highest BCUT2D eigenvalue weighted by molar-refractivity contribution is 6.36.